The summed E-state index contributed by atoms with van der Waals surface area (Å²) < 4.78 is 20.0. The van der Waals surface area contributed by atoms with E-state index in [0.29, 0.717) is 22.8 Å². The molecule has 0 aliphatic carbocycles. The summed E-state index contributed by atoms with van der Waals surface area (Å²) in [6.45, 7) is 0.135. The van der Waals surface area contributed by atoms with Crippen LogP contribution in [0.1, 0.15) is 10.4 Å². The molecule has 1 aromatic rings. The van der Waals surface area contributed by atoms with Crippen molar-refractivity contribution in [2.45, 2.75) is 0 Å². The Morgan fingerprint density at radius 2 is 2.13 bits per heavy atom. The standard InChI is InChI=1S/C10H10O5/c1-12-7-3-6(10(11)13-2)4-8-9(7)15-5-14-8/h3-4H,5H2,1-2H3. The molecule has 2 rings (SSSR count). The Hall–Kier alpha value is -1.91. The van der Waals surface area contributed by atoms with E-state index in [-0.39, 0.29) is 6.79 Å². The molecule has 5 heteroatoms. The van der Waals surface area contributed by atoms with E-state index in [9.17, 15) is 4.79 Å². The lowest BCUT2D eigenvalue weighted by molar-refractivity contribution is 0.0600. The van der Waals surface area contributed by atoms with E-state index in [1.807, 2.05) is 0 Å². The van der Waals surface area contributed by atoms with Gasteiger partial charge < -0.3 is 18.9 Å². The fraction of sp³-hybridized carbons (Fsp3) is 0.300. The molecule has 1 aliphatic rings. The highest BCUT2D eigenvalue weighted by Gasteiger charge is 2.22. The van der Waals surface area contributed by atoms with Gasteiger partial charge >= 0.3 is 5.97 Å². The first-order chi connectivity index (χ1) is 7.26. The highest BCUT2D eigenvalue weighted by Crippen LogP contribution is 2.41. The zero-order chi connectivity index (χ0) is 10.8. The molecule has 0 saturated heterocycles. The molecular weight excluding hydrogens is 200 g/mol. The van der Waals surface area contributed by atoms with Crippen LogP contribution in [0, 0.1) is 0 Å². The van der Waals surface area contributed by atoms with Gasteiger partial charge in [0, 0.05) is 0 Å². The summed E-state index contributed by atoms with van der Waals surface area (Å²) in [4.78, 5) is 11.3. The van der Waals surface area contributed by atoms with Crippen LogP contribution < -0.4 is 14.2 Å². The minimum Gasteiger partial charge on any atom is -0.493 e. The van der Waals surface area contributed by atoms with Crippen molar-refractivity contribution in [3.05, 3.63) is 17.7 Å². The smallest absolute Gasteiger partial charge is 0.338 e. The zero-order valence-electron chi connectivity index (χ0n) is 8.40. The second-order valence-corrected chi connectivity index (χ2v) is 2.90. The van der Waals surface area contributed by atoms with Gasteiger partial charge in [-0.1, -0.05) is 0 Å². The minimum atomic E-state index is -0.438. The van der Waals surface area contributed by atoms with Gasteiger partial charge in [-0.2, -0.15) is 0 Å². The average Bonchev–Trinajstić information content (AvgIpc) is 2.74. The molecule has 1 aromatic carbocycles. The predicted octanol–water partition coefficient (Wildman–Crippen LogP) is 1.21. The minimum absolute atomic E-state index is 0.135. The van der Waals surface area contributed by atoms with Crippen LogP contribution in [-0.2, 0) is 4.74 Å². The van der Waals surface area contributed by atoms with Crippen LogP contribution in [-0.4, -0.2) is 27.0 Å². The summed E-state index contributed by atoms with van der Waals surface area (Å²) in [5, 5.41) is 0. The maximum atomic E-state index is 11.3. The van der Waals surface area contributed by atoms with Gasteiger partial charge in [-0.3, -0.25) is 0 Å². The lowest BCUT2D eigenvalue weighted by Gasteiger charge is -2.06. The quantitative estimate of drug-likeness (QED) is 0.687. The van der Waals surface area contributed by atoms with Crippen LogP contribution in [0.2, 0.25) is 0 Å². The number of carbonyl (C=O) groups is 1. The highest BCUT2D eigenvalue weighted by atomic mass is 16.7. The maximum absolute atomic E-state index is 11.3. The van der Waals surface area contributed by atoms with Crippen LogP contribution >= 0.6 is 0 Å². The fourth-order valence-electron chi connectivity index (χ4n) is 1.37. The molecule has 0 amide bonds. The van der Waals surface area contributed by atoms with Gasteiger partial charge in [0.05, 0.1) is 19.8 Å². The van der Waals surface area contributed by atoms with Crippen LogP contribution in [0.3, 0.4) is 0 Å². The highest BCUT2D eigenvalue weighted by molar-refractivity contribution is 5.91. The van der Waals surface area contributed by atoms with Gasteiger partial charge in [-0.15, -0.1) is 0 Å². The molecule has 15 heavy (non-hydrogen) atoms. The van der Waals surface area contributed by atoms with Crippen molar-refractivity contribution in [2.24, 2.45) is 0 Å². The zero-order valence-corrected chi connectivity index (χ0v) is 8.40. The summed E-state index contributed by atoms with van der Waals surface area (Å²) in [5.74, 6) is 1.04. The van der Waals surface area contributed by atoms with Crippen molar-refractivity contribution in [2.75, 3.05) is 21.0 Å². The predicted molar refractivity (Wildman–Crippen MR) is 50.5 cm³/mol. The van der Waals surface area contributed by atoms with Crippen molar-refractivity contribution in [3.63, 3.8) is 0 Å². The van der Waals surface area contributed by atoms with Gasteiger partial charge in [0.15, 0.2) is 11.5 Å². The maximum Gasteiger partial charge on any atom is 0.338 e. The lowest BCUT2D eigenvalue weighted by Crippen LogP contribution is -2.01. The second kappa shape index (κ2) is 3.68. The van der Waals surface area contributed by atoms with Crippen molar-refractivity contribution in [1.29, 1.82) is 0 Å². The number of methoxy groups -OCH3 is 2. The van der Waals surface area contributed by atoms with Gasteiger partial charge in [0.1, 0.15) is 0 Å². The van der Waals surface area contributed by atoms with Crippen molar-refractivity contribution >= 4 is 5.97 Å². The number of rotatable bonds is 2. The molecule has 0 saturated carbocycles. The number of hydrogen-bond acceptors (Lipinski definition) is 5. The average molecular weight is 210 g/mol. The number of hydrogen-bond donors (Lipinski definition) is 0. The van der Waals surface area contributed by atoms with Crippen molar-refractivity contribution in [3.8, 4) is 17.2 Å². The molecule has 0 spiro atoms. The molecular formula is C10H10O5. The van der Waals surface area contributed by atoms with E-state index in [0.717, 1.165) is 0 Å². The molecule has 5 nitrogen and oxygen atoms in total. The molecule has 1 heterocycles. The molecule has 0 N–H and O–H groups in total. The molecule has 0 atom stereocenters. The third-order valence-electron chi connectivity index (χ3n) is 2.08. The number of esters is 1. The van der Waals surface area contributed by atoms with Crippen LogP contribution in [0.25, 0.3) is 0 Å². The summed E-state index contributed by atoms with van der Waals surface area (Å²) in [6.07, 6.45) is 0. The Bertz CT molecular complexity index is 399. The first-order valence-electron chi connectivity index (χ1n) is 4.32. The molecule has 80 valence electrons. The Balaban J connectivity index is 2.48. The molecule has 0 bridgehead atoms. The number of fused-ring (bicyclic) bond motifs is 1. The summed E-state index contributed by atoms with van der Waals surface area (Å²) >= 11 is 0. The summed E-state index contributed by atoms with van der Waals surface area (Å²) in [7, 11) is 2.82. The largest absolute Gasteiger partial charge is 0.493 e. The van der Waals surface area contributed by atoms with Crippen LogP contribution in [0.15, 0.2) is 12.1 Å². The number of benzene rings is 1. The Morgan fingerprint density at radius 3 is 2.80 bits per heavy atom. The number of ether oxygens (including phenoxy) is 4. The first-order valence-corrected chi connectivity index (χ1v) is 4.32. The molecule has 0 fully saturated rings. The van der Waals surface area contributed by atoms with E-state index in [1.165, 1.54) is 14.2 Å². The van der Waals surface area contributed by atoms with Crippen molar-refractivity contribution < 1.29 is 23.7 Å². The molecule has 0 aromatic heterocycles. The van der Waals surface area contributed by atoms with Crippen molar-refractivity contribution in [1.82, 2.24) is 0 Å². The summed E-state index contributed by atoms with van der Waals surface area (Å²) in [5.41, 5.74) is 0.374. The van der Waals surface area contributed by atoms with E-state index >= 15 is 0 Å². The monoisotopic (exact) mass is 210 g/mol. The van der Waals surface area contributed by atoms with Gasteiger partial charge in [0.2, 0.25) is 12.5 Å². The number of carbonyl (C=O) groups excluding carboxylic acids is 1. The van der Waals surface area contributed by atoms with Gasteiger partial charge in [-0.05, 0) is 12.1 Å². The first kappa shape index (κ1) is 9.64. The Labute approximate surface area is 86.5 Å². The van der Waals surface area contributed by atoms with Gasteiger partial charge in [0.25, 0.3) is 0 Å². The van der Waals surface area contributed by atoms with E-state index in [2.05, 4.69) is 4.74 Å². The third kappa shape index (κ3) is 1.56. The SMILES string of the molecule is COC(=O)c1cc(OC)c2c(c1)OCO2. The van der Waals surface area contributed by atoms with E-state index < -0.39 is 5.97 Å². The lowest BCUT2D eigenvalue weighted by atomic mass is 10.2. The molecule has 0 radical (unpaired) electrons. The summed E-state index contributed by atoms with van der Waals surface area (Å²) in [6, 6.07) is 3.12. The van der Waals surface area contributed by atoms with E-state index in [1.54, 1.807) is 12.1 Å². The normalized spacial score (nSPS) is 12.4. The van der Waals surface area contributed by atoms with E-state index in [4.69, 9.17) is 14.2 Å². The topological polar surface area (TPSA) is 54.0 Å². The molecule has 1 aliphatic heterocycles. The van der Waals surface area contributed by atoms with Crippen LogP contribution in [0.5, 0.6) is 17.2 Å². The Kier molecular flexibility index (Phi) is 2.37. The third-order valence-corrected chi connectivity index (χ3v) is 2.08. The van der Waals surface area contributed by atoms with Crippen LogP contribution in [0.4, 0.5) is 0 Å². The fourth-order valence-corrected chi connectivity index (χ4v) is 1.37. The second-order valence-electron chi connectivity index (χ2n) is 2.90. The van der Waals surface area contributed by atoms with Gasteiger partial charge in [-0.25, -0.2) is 4.79 Å². The molecule has 0 unspecified atom stereocenters. The Morgan fingerprint density at radius 1 is 1.33 bits per heavy atom.